The largest absolute Gasteiger partial charge is 0.386 e. The monoisotopic (exact) mass is 277 g/mol. The van der Waals surface area contributed by atoms with Crippen molar-refractivity contribution in [2.75, 3.05) is 13.2 Å². The van der Waals surface area contributed by atoms with Crippen LogP contribution in [0, 0.1) is 0 Å². The Morgan fingerprint density at radius 3 is 2.90 bits per heavy atom. The van der Waals surface area contributed by atoms with Crippen LogP contribution >= 0.6 is 0 Å². The molecule has 1 fully saturated rings. The van der Waals surface area contributed by atoms with Crippen LogP contribution in [0.1, 0.15) is 48.0 Å². The molecule has 2 unspecified atom stereocenters. The van der Waals surface area contributed by atoms with Gasteiger partial charge in [-0.05, 0) is 31.9 Å². The third-order valence-corrected chi connectivity index (χ3v) is 3.77. The first-order valence-electron chi connectivity index (χ1n) is 6.86. The molecule has 20 heavy (non-hydrogen) atoms. The van der Waals surface area contributed by atoms with Gasteiger partial charge in [-0.1, -0.05) is 12.1 Å². The molecule has 3 rings (SSSR count). The molecule has 1 amide bonds. The Morgan fingerprint density at radius 1 is 1.45 bits per heavy atom. The van der Waals surface area contributed by atoms with Gasteiger partial charge >= 0.3 is 0 Å². The van der Waals surface area contributed by atoms with E-state index in [0.29, 0.717) is 18.8 Å². The van der Waals surface area contributed by atoms with Crippen molar-refractivity contribution < 1.29 is 19.4 Å². The summed E-state index contributed by atoms with van der Waals surface area (Å²) in [7, 11) is 0. The van der Waals surface area contributed by atoms with Gasteiger partial charge in [-0.25, -0.2) is 0 Å². The maximum atomic E-state index is 12.0. The number of aliphatic hydroxyl groups is 1. The first-order chi connectivity index (χ1) is 9.45. The van der Waals surface area contributed by atoms with E-state index in [0.717, 1.165) is 17.5 Å². The molecule has 0 saturated carbocycles. The lowest BCUT2D eigenvalue weighted by Gasteiger charge is -2.20. The smallest absolute Gasteiger partial charge is 0.253 e. The van der Waals surface area contributed by atoms with E-state index in [-0.39, 0.29) is 12.0 Å². The highest BCUT2D eigenvalue weighted by Crippen LogP contribution is 2.32. The predicted octanol–water partition coefficient (Wildman–Crippen LogP) is 1.46. The number of ether oxygens (including phenoxy) is 2. The molecule has 2 aliphatic heterocycles. The normalized spacial score (nSPS) is 25.6. The van der Waals surface area contributed by atoms with E-state index in [4.69, 9.17) is 9.47 Å². The highest BCUT2D eigenvalue weighted by atomic mass is 16.6. The van der Waals surface area contributed by atoms with Crippen molar-refractivity contribution in [1.29, 1.82) is 0 Å². The first-order valence-corrected chi connectivity index (χ1v) is 6.86. The van der Waals surface area contributed by atoms with Gasteiger partial charge in [0.1, 0.15) is 0 Å². The first kappa shape index (κ1) is 13.5. The van der Waals surface area contributed by atoms with E-state index < -0.39 is 11.8 Å². The standard InChI is InChI=1S/C15H19NO4/c1-15(2,18)9-3-4-11-12(7-9)13(17)16-14(11)20-10-5-6-19-8-10/h3-4,7,10,14,18H,5-6,8H2,1-2H3,(H,16,17). The molecule has 0 aromatic heterocycles. The maximum Gasteiger partial charge on any atom is 0.253 e. The van der Waals surface area contributed by atoms with Gasteiger partial charge in [-0.15, -0.1) is 0 Å². The SMILES string of the molecule is CC(C)(O)c1ccc2c(c1)C(=O)NC2OC1CCOC1. The number of amides is 1. The van der Waals surface area contributed by atoms with Crippen LogP contribution in [0.15, 0.2) is 18.2 Å². The molecule has 2 atom stereocenters. The van der Waals surface area contributed by atoms with Crippen LogP contribution in [0.2, 0.25) is 0 Å². The average Bonchev–Trinajstić information content (AvgIpc) is 2.98. The zero-order valence-electron chi connectivity index (χ0n) is 11.7. The van der Waals surface area contributed by atoms with Crippen LogP contribution in [0.3, 0.4) is 0 Å². The topological polar surface area (TPSA) is 67.8 Å². The summed E-state index contributed by atoms with van der Waals surface area (Å²) in [6, 6.07) is 5.42. The second-order valence-corrected chi connectivity index (χ2v) is 5.84. The molecule has 0 bridgehead atoms. The molecule has 1 saturated heterocycles. The molecule has 108 valence electrons. The Hall–Kier alpha value is -1.43. The van der Waals surface area contributed by atoms with Crippen LogP contribution < -0.4 is 5.32 Å². The molecule has 1 aromatic rings. The number of benzene rings is 1. The van der Waals surface area contributed by atoms with Crippen molar-refractivity contribution in [2.24, 2.45) is 0 Å². The summed E-state index contributed by atoms with van der Waals surface area (Å²) in [6.45, 7) is 4.68. The zero-order valence-corrected chi connectivity index (χ0v) is 11.7. The number of carbonyl (C=O) groups excluding carboxylic acids is 1. The zero-order chi connectivity index (χ0) is 14.3. The van der Waals surface area contributed by atoms with Crippen LogP contribution in [0.5, 0.6) is 0 Å². The summed E-state index contributed by atoms with van der Waals surface area (Å²) in [5, 5.41) is 12.8. The quantitative estimate of drug-likeness (QED) is 0.877. The lowest BCUT2D eigenvalue weighted by Crippen LogP contribution is -2.26. The molecule has 2 heterocycles. The summed E-state index contributed by atoms with van der Waals surface area (Å²) in [5.74, 6) is -0.157. The predicted molar refractivity (Wildman–Crippen MR) is 72.2 cm³/mol. The van der Waals surface area contributed by atoms with Gasteiger partial charge in [-0.2, -0.15) is 0 Å². The minimum absolute atomic E-state index is 0.0280. The molecule has 0 radical (unpaired) electrons. The fourth-order valence-corrected chi connectivity index (χ4v) is 2.56. The number of hydrogen-bond donors (Lipinski definition) is 2. The lowest BCUT2D eigenvalue weighted by atomic mass is 9.94. The fourth-order valence-electron chi connectivity index (χ4n) is 2.56. The number of fused-ring (bicyclic) bond motifs is 1. The van der Waals surface area contributed by atoms with Crippen molar-refractivity contribution >= 4 is 5.91 Å². The van der Waals surface area contributed by atoms with Crippen molar-refractivity contribution in [3.8, 4) is 0 Å². The van der Waals surface area contributed by atoms with Crippen molar-refractivity contribution in [2.45, 2.75) is 38.2 Å². The average molecular weight is 277 g/mol. The van der Waals surface area contributed by atoms with Gasteiger partial charge in [0.15, 0.2) is 6.23 Å². The van der Waals surface area contributed by atoms with Crippen molar-refractivity contribution in [3.05, 3.63) is 34.9 Å². The maximum absolute atomic E-state index is 12.0. The van der Waals surface area contributed by atoms with Crippen LogP contribution in [0.4, 0.5) is 0 Å². The summed E-state index contributed by atoms with van der Waals surface area (Å²) in [4.78, 5) is 12.0. The Morgan fingerprint density at radius 2 is 2.25 bits per heavy atom. The molecular weight excluding hydrogens is 258 g/mol. The molecule has 1 aromatic carbocycles. The molecule has 0 aliphatic carbocycles. The molecule has 0 spiro atoms. The molecular formula is C15H19NO4. The fraction of sp³-hybridized carbons (Fsp3) is 0.533. The molecule has 5 heteroatoms. The Kier molecular flexibility index (Phi) is 3.28. The number of rotatable bonds is 3. The lowest BCUT2D eigenvalue weighted by molar-refractivity contribution is -0.0263. The Balaban J connectivity index is 1.85. The Bertz CT molecular complexity index is 529. The van der Waals surface area contributed by atoms with Gasteiger partial charge in [0.2, 0.25) is 0 Å². The van der Waals surface area contributed by atoms with E-state index >= 15 is 0 Å². The van der Waals surface area contributed by atoms with E-state index in [1.165, 1.54) is 0 Å². The molecule has 2 aliphatic rings. The van der Waals surface area contributed by atoms with Crippen LogP contribution in [-0.4, -0.2) is 30.3 Å². The minimum atomic E-state index is -0.965. The van der Waals surface area contributed by atoms with Crippen molar-refractivity contribution in [3.63, 3.8) is 0 Å². The summed E-state index contributed by atoms with van der Waals surface area (Å²) < 4.78 is 11.2. The van der Waals surface area contributed by atoms with Gasteiger partial charge in [0, 0.05) is 17.7 Å². The van der Waals surface area contributed by atoms with Crippen molar-refractivity contribution in [1.82, 2.24) is 5.32 Å². The van der Waals surface area contributed by atoms with Gasteiger partial charge in [0.05, 0.1) is 18.3 Å². The summed E-state index contributed by atoms with van der Waals surface area (Å²) >= 11 is 0. The van der Waals surface area contributed by atoms with Gasteiger partial charge < -0.3 is 19.9 Å². The third kappa shape index (κ3) is 2.44. The van der Waals surface area contributed by atoms with Gasteiger partial charge in [0.25, 0.3) is 5.91 Å². The van der Waals surface area contributed by atoms with E-state index in [2.05, 4.69) is 5.32 Å². The van der Waals surface area contributed by atoms with E-state index in [1.54, 1.807) is 19.9 Å². The number of nitrogens with one attached hydrogen (secondary N) is 1. The molecule has 5 nitrogen and oxygen atoms in total. The third-order valence-electron chi connectivity index (χ3n) is 3.77. The van der Waals surface area contributed by atoms with Crippen LogP contribution in [-0.2, 0) is 15.1 Å². The minimum Gasteiger partial charge on any atom is -0.386 e. The number of carbonyl (C=O) groups is 1. The number of hydrogen-bond acceptors (Lipinski definition) is 4. The molecule has 2 N–H and O–H groups in total. The van der Waals surface area contributed by atoms with Crippen LogP contribution in [0.25, 0.3) is 0 Å². The Labute approximate surface area is 117 Å². The summed E-state index contributed by atoms with van der Waals surface area (Å²) in [5.41, 5.74) is 1.16. The van der Waals surface area contributed by atoms with E-state index in [1.807, 2.05) is 12.1 Å². The second kappa shape index (κ2) is 4.84. The summed E-state index contributed by atoms with van der Waals surface area (Å²) in [6.07, 6.45) is 0.462. The second-order valence-electron chi connectivity index (χ2n) is 5.84. The van der Waals surface area contributed by atoms with E-state index in [9.17, 15) is 9.90 Å². The highest BCUT2D eigenvalue weighted by Gasteiger charge is 2.33. The highest BCUT2D eigenvalue weighted by molar-refractivity contribution is 5.99. The van der Waals surface area contributed by atoms with Gasteiger partial charge in [-0.3, -0.25) is 4.79 Å².